The highest BCUT2D eigenvalue weighted by Crippen LogP contribution is 2.41. The number of likely N-dealkylation sites (tertiary alicyclic amines) is 3. The van der Waals surface area contributed by atoms with Gasteiger partial charge < -0.3 is 9.64 Å². The van der Waals surface area contributed by atoms with E-state index in [4.69, 9.17) is 4.74 Å². The van der Waals surface area contributed by atoms with Crippen LogP contribution >= 0.6 is 0 Å². The molecule has 0 bridgehead atoms. The molecule has 49 heavy (non-hydrogen) atoms. The molecule has 0 radical (unpaired) electrons. The molecule has 0 aromatic heterocycles. The van der Waals surface area contributed by atoms with Crippen molar-refractivity contribution in [3.63, 3.8) is 0 Å². The molecule has 3 saturated heterocycles. The van der Waals surface area contributed by atoms with Crippen molar-refractivity contribution in [2.75, 3.05) is 47.3 Å². The lowest BCUT2D eigenvalue weighted by Gasteiger charge is -2.29. The molecule has 276 valence electrons. The summed E-state index contributed by atoms with van der Waals surface area (Å²) < 4.78 is 5.61. The zero-order valence-corrected chi connectivity index (χ0v) is 32.2. The number of benzene rings is 1. The normalized spacial score (nSPS) is 30.9. The number of ketones is 3. The maximum absolute atomic E-state index is 12.3. The first kappa shape index (κ1) is 40.8. The summed E-state index contributed by atoms with van der Waals surface area (Å²) in [5.41, 5.74) is 2.50. The van der Waals surface area contributed by atoms with Crippen molar-refractivity contribution in [3.8, 4) is 0 Å². The van der Waals surface area contributed by atoms with Crippen LogP contribution < -0.4 is 0 Å². The fraction of sp³-hybridized carbons (Fsp3) is 0.750. The van der Waals surface area contributed by atoms with Crippen LogP contribution in [0.1, 0.15) is 98.1 Å². The van der Waals surface area contributed by atoms with Crippen LogP contribution in [0.2, 0.25) is 0 Å². The number of ether oxygens (including phenoxy) is 1. The summed E-state index contributed by atoms with van der Waals surface area (Å²) in [6.45, 7) is 17.7. The van der Waals surface area contributed by atoms with Crippen LogP contribution in [0, 0.1) is 23.7 Å². The molecular weight excluding hydrogens is 616 g/mol. The summed E-state index contributed by atoms with van der Waals surface area (Å²) in [6.07, 6.45) is 7.35. The molecule has 4 aliphatic heterocycles. The fourth-order valence-electron chi connectivity index (χ4n) is 9.24. The molecule has 1 amide bonds. The van der Waals surface area contributed by atoms with E-state index in [1.54, 1.807) is 25.7 Å². The van der Waals surface area contributed by atoms with Crippen molar-refractivity contribution in [1.82, 2.24) is 19.6 Å². The van der Waals surface area contributed by atoms with Crippen LogP contribution in [-0.4, -0.2) is 115 Å². The van der Waals surface area contributed by atoms with Crippen molar-refractivity contribution < 1.29 is 23.9 Å². The summed E-state index contributed by atoms with van der Waals surface area (Å²) in [4.78, 5) is 54.9. The Morgan fingerprint density at radius 2 is 1.45 bits per heavy atom. The number of rotatable bonds is 6. The average Bonchev–Trinajstić information content (AvgIpc) is 3.81. The smallest absolute Gasteiger partial charge is 0.410 e. The van der Waals surface area contributed by atoms with E-state index in [-0.39, 0.29) is 36.1 Å². The van der Waals surface area contributed by atoms with E-state index in [2.05, 4.69) is 49.9 Å². The van der Waals surface area contributed by atoms with E-state index < -0.39 is 0 Å². The van der Waals surface area contributed by atoms with E-state index in [1.165, 1.54) is 43.2 Å². The molecule has 4 heterocycles. The molecule has 1 aromatic rings. The Morgan fingerprint density at radius 3 is 2.04 bits per heavy atom. The topological polar surface area (TPSA) is 90.5 Å². The average molecular weight is 683 g/mol. The molecule has 5 aliphatic rings. The standard InChI is InChI=1S/C17H22N2O3.C11H21NO.C10H17NO.C2H6/c1-12(20)16-9-15(11-18(16)2)22-17(21)19-8-7-13-5-3-4-6-14(13)10-19;1-5-6-10-8(2)7-12(4)11(10)9(3)13;1-7(12)10-9-5-3-4-8(9)6-11(10)2;1-2/h3-6,15-16H,7-11H2,1-2H3;8,10-11H,5-7H2,1-4H3;8-10H,3-6H2,1-2H3;1-2H3. The second-order valence-corrected chi connectivity index (χ2v) is 15.0. The van der Waals surface area contributed by atoms with Crippen molar-refractivity contribution >= 4 is 23.4 Å². The molecule has 6 rings (SSSR count). The van der Waals surface area contributed by atoms with Gasteiger partial charge in [0.2, 0.25) is 0 Å². The number of hydrogen-bond donors (Lipinski definition) is 0. The fourth-order valence-corrected chi connectivity index (χ4v) is 9.24. The van der Waals surface area contributed by atoms with Crippen LogP contribution in [0.3, 0.4) is 0 Å². The lowest BCUT2D eigenvalue weighted by atomic mass is 9.86. The first-order chi connectivity index (χ1) is 23.3. The maximum atomic E-state index is 12.3. The predicted octanol–water partition coefficient (Wildman–Crippen LogP) is 6.12. The van der Waals surface area contributed by atoms with Crippen molar-refractivity contribution in [3.05, 3.63) is 35.4 Å². The molecular formula is C40H66N4O5. The molecule has 1 aromatic carbocycles. The van der Waals surface area contributed by atoms with Gasteiger partial charge in [0.05, 0.1) is 18.1 Å². The molecule has 9 nitrogen and oxygen atoms in total. The zero-order valence-electron chi connectivity index (χ0n) is 32.2. The van der Waals surface area contributed by atoms with Gasteiger partial charge in [-0.05, 0) is 102 Å². The van der Waals surface area contributed by atoms with E-state index in [9.17, 15) is 19.2 Å². The molecule has 0 spiro atoms. The van der Waals surface area contributed by atoms with Gasteiger partial charge in [-0.15, -0.1) is 0 Å². The Bertz CT molecular complexity index is 1250. The lowest BCUT2D eigenvalue weighted by Crippen LogP contribution is -2.38. The van der Waals surface area contributed by atoms with Gasteiger partial charge in [0.15, 0.2) is 0 Å². The number of carbonyl (C=O) groups is 4. The van der Waals surface area contributed by atoms with Crippen molar-refractivity contribution in [1.29, 1.82) is 0 Å². The Balaban J connectivity index is 0.000000207. The van der Waals surface area contributed by atoms with Gasteiger partial charge in [0.25, 0.3) is 0 Å². The minimum Gasteiger partial charge on any atom is -0.445 e. The first-order valence-corrected chi connectivity index (χ1v) is 19.0. The quantitative estimate of drug-likeness (QED) is 0.355. The van der Waals surface area contributed by atoms with E-state index in [0.717, 1.165) is 25.4 Å². The summed E-state index contributed by atoms with van der Waals surface area (Å²) >= 11 is 0. The van der Waals surface area contributed by atoms with Gasteiger partial charge in [-0.1, -0.05) is 64.8 Å². The maximum Gasteiger partial charge on any atom is 0.410 e. The second-order valence-electron chi connectivity index (χ2n) is 15.0. The minimum absolute atomic E-state index is 0.125. The zero-order chi connectivity index (χ0) is 36.4. The Kier molecular flexibility index (Phi) is 15.9. The summed E-state index contributed by atoms with van der Waals surface area (Å²) in [7, 11) is 6.06. The number of carbonyl (C=O) groups excluding carboxylic acids is 4. The third-order valence-electron chi connectivity index (χ3n) is 11.4. The summed E-state index contributed by atoms with van der Waals surface area (Å²) in [5.74, 6) is 3.62. The summed E-state index contributed by atoms with van der Waals surface area (Å²) in [6, 6.07) is 8.51. The molecule has 8 unspecified atom stereocenters. The third-order valence-corrected chi connectivity index (χ3v) is 11.4. The first-order valence-electron chi connectivity index (χ1n) is 19.0. The molecule has 8 atom stereocenters. The van der Waals surface area contributed by atoms with Gasteiger partial charge in [0, 0.05) is 39.1 Å². The Morgan fingerprint density at radius 1 is 0.816 bits per heavy atom. The molecule has 1 saturated carbocycles. The van der Waals surface area contributed by atoms with Crippen LogP contribution in [0.4, 0.5) is 4.79 Å². The van der Waals surface area contributed by atoms with Gasteiger partial charge in [-0.2, -0.15) is 0 Å². The summed E-state index contributed by atoms with van der Waals surface area (Å²) in [5, 5.41) is 0. The second kappa shape index (κ2) is 19.1. The SMILES string of the molecule is CC.CC(=O)C1C2CCCC2CN1C.CC(=O)C1CC(OC(=O)N2CCc3ccccc3C2)CN1C.CCCC1C(C)CN(C)C1C(C)=O. The van der Waals surface area contributed by atoms with Crippen molar-refractivity contribution in [2.24, 2.45) is 23.7 Å². The van der Waals surface area contributed by atoms with Gasteiger partial charge >= 0.3 is 6.09 Å². The highest BCUT2D eigenvalue weighted by Gasteiger charge is 2.44. The minimum atomic E-state index is -0.267. The molecule has 1 aliphatic carbocycles. The molecule has 0 N–H and O–H groups in total. The number of likely N-dealkylation sites (N-methyl/N-ethyl adjacent to an activating group) is 3. The number of hydrogen-bond acceptors (Lipinski definition) is 8. The van der Waals surface area contributed by atoms with Gasteiger partial charge in [-0.25, -0.2) is 4.79 Å². The number of fused-ring (bicyclic) bond motifs is 2. The Hall–Kier alpha value is -2.62. The van der Waals surface area contributed by atoms with Crippen LogP contribution in [0.15, 0.2) is 24.3 Å². The van der Waals surface area contributed by atoms with E-state index in [0.29, 0.717) is 55.4 Å². The van der Waals surface area contributed by atoms with E-state index in [1.807, 2.05) is 37.9 Å². The molecule has 9 heteroatoms. The number of nitrogens with zero attached hydrogens (tertiary/aromatic N) is 4. The van der Waals surface area contributed by atoms with Crippen LogP contribution in [0.25, 0.3) is 0 Å². The Labute approximate surface area is 297 Å². The van der Waals surface area contributed by atoms with Crippen LogP contribution in [-0.2, 0) is 32.1 Å². The third kappa shape index (κ3) is 10.5. The predicted molar refractivity (Wildman–Crippen MR) is 196 cm³/mol. The highest BCUT2D eigenvalue weighted by molar-refractivity contribution is 5.83. The van der Waals surface area contributed by atoms with Crippen LogP contribution in [0.5, 0.6) is 0 Å². The van der Waals surface area contributed by atoms with Gasteiger partial charge in [0.1, 0.15) is 23.5 Å². The largest absolute Gasteiger partial charge is 0.445 e. The highest BCUT2D eigenvalue weighted by atomic mass is 16.6. The lowest BCUT2D eigenvalue weighted by molar-refractivity contribution is -0.122. The number of Topliss-reactive ketones (excluding diaryl/α,β-unsaturated/α-hetero) is 3. The monoisotopic (exact) mass is 683 g/mol. The molecule has 4 fully saturated rings. The number of amides is 1. The van der Waals surface area contributed by atoms with E-state index >= 15 is 0 Å². The van der Waals surface area contributed by atoms with Crippen molar-refractivity contribution in [2.45, 2.75) is 124 Å². The van der Waals surface area contributed by atoms with Gasteiger partial charge in [-0.3, -0.25) is 29.1 Å².